The van der Waals surface area contributed by atoms with Crippen LogP contribution in [-0.2, 0) is 14.8 Å². The molecule has 1 aliphatic rings. The first-order valence-electron chi connectivity index (χ1n) is 8.08. The lowest BCUT2D eigenvalue weighted by atomic mass is 10.0. The van der Waals surface area contributed by atoms with Crippen LogP contribution >= 0.6 is 11.6 Å². The number of piperidine rings is 1. The molecule has 1 fully saturated rings. The Morgan fingerprint density at radius 1 is 1.46 bits per heavy atom. The third kappa shape index (κ3) is 5.60. The second-order valence-electron chi connectivity index (χ2n) is 6.04. The van der Waals surface area contributed by atoms with Gasteiger partial charge in [0.2, 0.25) is 10.0 Å². The maximum absolute atomic E-state index is 12.7. The quantitative estimate of drug-likeness (QED) is 0.726. The summed E-state index contributed by atoms with van der Waals surface area (Å²) in [5.41, 5.74) is 0. The normalized spacial score (nSPS) is 19.9. The van der Waals surface area contributed by atoms with Gasteiger partial charge in [0, 0.05) is 18.7 Å². The predicted octanol–water partition coefficient (Wildman–Crippen LogP) is 2.03. The van der Waals surface area contributed by atoms with E-state index in [-0.39, 0.29) is 16.7 Å². The van der Waals surface area contributed by atoms with Gasteiger partial charge in [-0.2, -0.15) is 0 Å². The predicted molar refractivity (Wildman–Crippen MR) is 94.2 cm³/mol. The highest BCUT2D eigenvalue weighted by atomic mass is 35.5. The van der Waals surface area contributed by atoms with Gasteiger partial charge in [-0.15, -0.1) is 0 Å². The van der Waals surface area contributed by atoms with E-state index in [1.807, 2.05) is 6.92 Å². The van der Waals surface area contributed by atoms with E-state index in [9.17, 15) is 8.42 Å². The van der Waals surface area contributed by atoms with Gasteiger partial charge in [-0.05, 0) is 57.0 Å². The van der Waals surface area contributed by atoms with Gasteiger partial charge in [0.1, 0.15) is 16.7 Å². The van der Waals surface area contributed by atoms with Crippen LogP contribution in [-0.4, -0.2) is 47.9 Å². The van der Waals surface area contributed by atoms with Crippen LogP contribution in [0.5, 0.6) is 5.75 Å². The zero-order valence-electron chi connectivity index (χ0n) is 14.0. The second kappa shape index (κ2) is 9.01. The SMILES string of the molecule is COCC(C)Oc1ccc(Cl)cc1S(=O)(=O)NCC1CCCNC1. The molecule has 0 spiro atoms. The van der Waals surface area contributed by atoms with E-state index in [4.69, 9.17) is 21.1 Å². The molecule has 2 atom stereocenters. The molecule has 0 bridgehead atoms. The van der Waals surface area contributed by atoms with Gasteiger partial charge in [-0.1, -0.05) is 11.6 Å². The van der Waals surface area contributed by atoms with Crippen LogP contribution in [0.1, 0.15) is 19.8 Å². The molecular weight excluding hydrogens is 352 g/mol. The molecule has 0 amide bonds. The van der Waals surface area contributed by atoms with Crippen molar-refractivity contribution in [1.29, 1.82) is 0 Å². The van der Waals surface area contributed by atoms with Gasteiger partial charge in [0.15, 0.2) is 0 Å². The molecule has 1 heterocycles. The smallest absolute Gasteiger partial charge is 0.244 e. The number of methoxy groups -OCH3 is 1. The molecule has 6 nitrogen and oxygen atoms in total. The minimum atomic E-state index is -3.70. The van der Waals surface area contributed by atoms with Gasteiger partial charge < -0.3 is 14.8 Å². The molecule has 8 heteroatoms. The van der Waals surface area contributed by atoms with Crippen LogP contribution in [0.4, 0.5) is 0 Å². The van der Waals surface area contributed by atoms with Crippen molar-refractivity contribution in [2.24, 2.45) is 5.92 Å². The summed E-state index contributed by atoms with van der Waals surface area (Å²) >= 11 is 5.99. The standard InChI is InChI=1S/C16H25ClN2O4S/c1-12(11-22-2)23-15-6-5-14(17)8-16(15)24(20,21)19-10-13-4-3-7-18-9-13/h5-6,8,12-13,18-19H,3-4,7,9-11H2,1-2H3. The Morgan fingerprint density at radius 2 is 2.25 bits per heavy atom. The van der Waals surface area contributed by atoms with E-state index in [2.05, 4.69) is 10.0 Å². The van der Waals surface area contributed by atoms with Crippen LogP contribution in [0.3, 0.4) is 0 Å². The number of nitrogens with one attached hydrogen (secondary N) is 2. The molecule has 24 heavy (non-hydrogen) atoms. The minimum absolute atomic E-state index is 0.0571. The summed E-state index contributed by atoms with van der Waals surface area (Å²) in [6, 6.07) is 4.60. The maximum Gasteiger partial charge on any atom is 0.244 e. The number of ether oxygens (including phenoxy) is 2. The van der Waals surface area contributed by atoms with Crippen molar-refractivity contribution in [3.63, 3.8) is 0 Å². The topological polar surface area (TPSA) is 76.7 Å². The molecule has 1 aromatic rings. The van der Waals surface area contributed by atoms with E-state index >= 15 is 0 Å². The zero-order valence-corrected chi connectivity index (χ0v) is 15.6. The average Bonchev–Trinajstić information content (AvgIpc) is 2.56. The Morgan fingerprint density at radius 3 is 2.92 bits per heavy atom. The first kappa shape index (κ1) is 19.5. The lowest BCUT2D eigenvalue weighted by molar-refractivity contribution is 0.0901. The second-order valence-corrected chi connectivity index (χ2v) is 8.21. The first-order chi connectivity index (χ1) is 11.4. The van der Waals surface area contributed by atoms with Crippen LogP contribution in [0.2, 0.25) is 5.02 Å². The Labute approximate surface area is 148 Å². The number of benzene rings is 1. The molecule has 2 N–H and O–H groups in total. The summed E-state index contributed by atoms with van der Waals surface area (Å²) < 4.78 is 38.8. The van der Waals surface area contributed by atoms with Gasteiger partial charge in [-0.25, -0.2) is 13.1 Å². The Kier molecular flexibility index (Phi) is 7.31. The summed E-state index contributed by atoms with van der Waals surface area (Å²) in [6.45, 7) is 4.40. The number of rotatable bonds is 8. The van der Waals surface area contributed by atoms with E-state index in [1.165, 1.54) is 6.07 Å². The highest BCUT2D eigenvalue weighted by Gasteiger charge is 2.23. The monoisotopic (exact) mass is 376 g/mol. The van der Waals surface area contributed by atoms with E-state index < -0.39 is 10.0 Å². The third-order valence-corrected chi connectivity index (χ3v) is 5.57. The van der Waals surface area contributed by atoms with Crippen molar-refractivity contribution in [2.45, 2.75) is 30.8 Å². The molecule has 2 rings (SSSR count). The fourth-order valence-corrected chi connectivity index (χ4v) is 4.19. The lowest BCUT2D eigenvalue weighted by Crippen LogP contribution is -2.38. The highest BCUT2D eigenvalue weighted by Crippen LogP contribution is 2.28. The maximum atomic E-state index is 12.7. The number of hydrogen-bond acceptors (Lipinski definition) is 5. The van der Waals surface area contributed by atoms with Crippen LogP contribution in [0.15, 0.2) is 23.1 Å². The van der Waals surface area contributed by atoms with Crippen molar-refractivity contribution in [3.05, 3.63) is 23.2 Å². The van der Waals surface area contributed by atoms with Gasteiger partial charge in [0.25, 0.3) is 0 Å². The highest BCUT2D eigenvalue weighted by molar-refractivity contribution is 7.89. The summed E-state index contributed by atoms with van der Waals surface area (Å²) in [5, 5.41) is 3.63. The van der Waals surface area contributed by atoms with Gasteiger partial charge in [0.05, 0.1) is 6.61 Å². The molecule has 0 aromatic heterocycles. The summed E-state index contributed by atoms with van der Waals surface area (Å²) in [7, 11) is -2.13. The minimum Gasteiger partial charge on any atom is -0.487 e. The van der Waals surface area contributed by atoms with Gasteiger partial charge >= 0.3 is 0 Å². The van der Waals surface area contributed by atoms with Gasteiger partial charge in [-0.3, -0.25) is 0 Å². The van der Waals surface area contributed by atoms with Crippen molar-refractivity contribution in [1.82, 2.24) is 10.0 Å². The van der Waals surface area contributed by atoms with Crippen LogP contribution in [0.25, 0.3) is 0 Å². The summed E-state index contributed by atoms with van der Waals surface area (Å²) in [4.78, 5) is 0.0571. The molecule has 1 saturated heterocycles. The van der Waals surface area contributed by atoms with E-state index in [0.717, 1.165) is 25.9 Å². The fraction of sp³-hybridized carbons (Fsp3) is 0.625. The average molecular weight is 377 g/mol. The lowest BCUT2D eigenvalue weighted by Gasteiger charge is -2.23. The fourth-order valence-electron chi connectivity index (χ4n) is 2.68. The van der Waals surface area contributed by atoms with Crippen LogP contribution in [0, 0.1) is 5.92 Å². The Bertz CT molecular complexity index is 633. The molecule has 1 aromatic carbocycles. The Balaban J connectivity index is 2.13. The zero-order chi connectivity index (χ0) is 17.6. The molecular formula is C16H25ClN2O4S. The number of halogens is 1. The van der Waals surface area contributed by atoms with Crippen LogP contribution < -0.4 is 14.8 Å². The first-order valence-corrected chi connectivity index (χ1v) is 9.94. The Hall–Kier alpha value is -0.860. The molecule has 2 unspecified atom stereocenters. The van der Waals surface area contributed by atoms with E-state index in [0.29, 0.717) is 24.1 Å². The van der Waals surface area contributed by atoms with Crippen molar-refractivity contribution in [3.8, 4) is 5.75 Å². The number of sulfonamides is 1. The molecule has 0 saturated carbocycles. The third-order valence-electron chi connectivity index (χ3n) is 3.89. The largest absolute Gasteiger partial charge is 0.487 e. The molecule has 0 radical (unpaired) electrons. The van der Waals surface area contributed by atoms with Crippen molar-refractivity contribution < 1.29 is 17.9 Å². The van der Waals surface area contributed by atoms with E-state index in [1.54, 1.807) is 19.2 Å². The van der Waals surface area contributed by atoms with Crippen molar-refractivity contribution in [2.75, 3.05) is 33.4 Å². The molecule has 1 aliphatic heterocycles. The molecule has 0 aliphatic carbocycles. The van der Waals surface area contributed by atoms with Crippen molar-refractivity contribution >= 4 is 21.6 Å². The summed E-state index contributed by atoms with van der Waals surface area (Å²) in [6.07, 6.45) is 1.80. The summed E-state index contributed by atoms with van der Waals surface area (Å²) in [5.74, 6) is 0.572. The number of hydrogen-bond donors (Lipinski definition) is 2. The molecule has 136 valence electrons.